The molecule has 2 atom stereocenters. The highest BCUT2D eigenvalue weighted by Gasteiger charge is 2.33. The first kappa shape index (κ1) is 28.5. The molecule has 0 aliphatic heterocycles. The summed E-state index contributed by atoms with van der Waals surface area (Å²) in [6.45, 7) is 6.03. The van der Waals surface area contributed by atoms with Crippen LogP contribution in [0.25, 0.3) is 0 Å². The van der Waals surface area contributed by atoms with Crippen LogP contribution in [0.3, 0.4) is 0 Å². The zero-order valence-corrected chi connectivity index (χ0v) is 20.6. The predicted octanol–water partition coefficient (Wildman–Crippen LogP) is 4.49. The molecule has 1 aromatic carbocycles. The first-order valence-corrected chi connectivity index (χ1v) is 11.7. The Bertz CT molecular complexity index is 1070. The summed E-state index contributed by atoms with van der Waals surface area (Å²) >= 11 is -2.70. The molecule has 0 saturated heterocycles. The highest BCUT2D eigenvalue weighted by Crippen LogP contribution is 2.33. The second-order valence-corrected chi connectivity index (χ2v) is 10.2. The van der Waals surface area contributed by atoms with Crippen LogP contribution < -0.4 is 14.8 Å². The van der Waals surface area contributed by atoms with Crippen molar-refractivity contribution in [3.63, 3.8) is 0 Å². The van der Waals surface area contributed by atoms with Crippen molar-refractivity contribution in [2.24, 2.45) is 11.1 Å². The van der Waals surface area contributed by atoms with E-state index in [0.29, 0.717) is 16.3 Å². The topological polar surface area (TPSA) is 109 Å². The number of carbonyl (C=O) groups is 1. The number of hydrogen-bond acceptors (Lipinski definition) is 5. The van der Waals surface area contributed by atoms with E-state index < -0.39 is 40.8 Å². The summed E-state index contributed by atoms with van der Waals surface area (Å²) in [6.07, 6.45) is -3.96. The average molecular weight is 519 g/mol. The Morgan fingerprint density at radius 3 is 2.40 bits per heavy atom. The van der Waals surface area contributed by atoms with Gasteiger partial charge in [-0.25, -0.2) is 9.37 Å². The molecule has 0 aliphatic rings. The fourth-order valence-corrected chi connectivity index (χ4v) is 3.55. The number of carbonyl (C=O) groups excluding carboxylic acids is 1. The number of hydrogen-bond donors (Lipinski definition) is 1. The van der Waals surface area contributed by atoms with Crippen LogP contribution in [0.15, 0.2) is 30.3 Å². The summed E-state index contributed by atoms with van der Waals surface area (Å²) in [6, 6.07) is 5.67. The van der Waals surface area contributed by atoms with E-state index in [1.807, 2.05) is 20.8 Å². The SMILES string of the molecule is CN(c1ccc(C(CCc2ccc(C(F)(F)F)nc2OCCC(C)(C)C)C(N)=O)cc1F)S(=O)[O-]. The number of alkyl halides is 3. The van der Waals surface area contributed by atoms with Gasteiger partial charge in [-0.1, -0.05) is 32.9 Å². The molecule has 35 heavy (non-hydrogen) atoms. The maximum Gasteiger partial charge on any atom is 0.433 e. The Kier molecular flexibility index (Phi) is 9.23. The van der Waals surface area contributed by atoms with Crippen LogP contribution in [0.2, 0.25) is 0 Å². The van der Waals surface area contributed by atoms with Gasteiger partial charge in [0.05, 0.1) is 18.2 Å². The summed E-state index contributed by atoms with van der Waals surface area (Å²) in [5.41, 5.74) is 4.64. The van der Waals surface area contributed by atoms with Crippen LogP contribution >= 0.6 is 0 Å². The number of benzene rings is 1. The van der Waals surface area contributed by atoms with Crippen molar-refractivity contribution < 1.29 is 35.9 Å². The second kappa shape index (κ2) is 11.3. The quantitative estimate of drug-likeness (QED) is 0.368. The third kappa shape index (κ3) is 8.17. The molecule has 2 N–H and O–H groups in total. The molecule has 0 fully saturated rings. The van der Waals surface area contributed by atoms with Crippen LogP contribution in [0.1, 0.15) is 56.4 Å². The molecule has 0 bridgehead atoms. The number of aromatic nitrogens is 1. The van der Waals surface area contributed by atoms with Crippen molar-refractivity contribution in [1.29, 1.82) is 0 Å². The highest BCUT2D eigenvalue weighted by molar-refractivity contribution is 7.80. The summed E-state index contributed by atoms with van der Waals surface area (Å²) in [4.78, 5) is 15.7. The number of nitrogens with zero attached hydrogens (tertiary/aromatic N) is 2. The molecule has 12 heteroatoms. The number of anilines is 1. The van der Waals surface area contributed by atoms with Crippen molar-refractivity contribution in [3.05, 3.63) is 53.0 Å². The van der Waals surface area contributed by atoms with Gasteiger partial charge in [0.25, 0.3) is 0 Å². The predicted molar refractivity (Wildman–Crippen MR) is 123 cm³/mol. The highest BCUT2D eigenvalue weighted by atomic mass is 32.2. The Labute approximate surface area is 204 Å². The van der Waals surface area contributed by atoms with E-state index in [-0.39, 0.29) is 42.0 Å². The molecule has 1 amide bonds. The van der Waals surface area contributed by atoms with Gasteiger partial charge in [0.2, 0.25) is 11.8 Å². The number of pyridine rings is 1. The lowest BCUT2D eigenvalue weighted by molar-refractivity contribution is -0.141. The largest absolute Gasteiger partial charge is 0.755 e. The third-order valence-corrected chi connectivity index (χ3v) is 5.95. The fraction of sp³-hybridized carbons (Fsp3) is 0.478. The first-order chi connectivity index (χ1) is 16.1. The third-order valence-electron chi connectivity index (χ3n) is 5.30. The number of ether oxygens (including phenoxy) is 1. The monoisotopic (exact) mass is 518 g/mol. The van der Waals surface area contributed by atoms with Gasteiger partial charge < -0.3 is 19.3 Å². The van der Waals surface area contributed by atoms with Crippen molar-refractivity contribution in [2.75, 3.05) is 18.0 Å². The number of nitrogens with two attached hydrogens (primary N) is 1. The van der Waals surface area contributed by atoms with E-state index in [1.54, 1.807) is 0 Å². The van der Waals surface area contributed by atoms with Gasteiger partial charge in [0, 0.05) is 23.9 Å². The summed E-state index contributed by atoms with van der Waals surface area (Å²) in [5.74, 6) is -2.81. The molecule has 194 valence electrons. The fourth-order valence-electron chi connectivity index (χ4n) is 3.24. The molecule has 0 saturated carbocycles. The molecule has 0 radical (unpaired) electrons. The van der Waals surface area contributed by atoms with Gasteiger partial charge in [0.15, 0.2) is 0 Å². The van der Waals surface area contributed by atoms with Gasteiger partial charge in [0.1, 0.15) is 11.5 Å². The summed E-state index contributed by atoms with van der Waals surface area (Å²) in [5, 5.41) is 0. The van der Waals surface area contributed by atoms with Gasteiger partial charge in [-0.3, -0.25) is 9.00 Å². The number of aryl methyl sites for hydroxylation is 1. The standard InChI is InChI=1S/C23H29F4N3O4S/c1-22(2,3)11-12-34-21-14(7-10-19(29-21)23(25,26)27)5-8-16(20(28)31)15-6-9-18(17(24)13-15)30(4)35(32)33/h6-7,9-10,13,16H,5,8,11-12H2,1-4H3,(H2,28,31)(H,32,33)/p-1. The smallest absolute Gasteiger partial charge is 0.433 e. The van der Waals surface area contributed by atoms with E-state index in [0.717, 1.165) is 19.2 Å². The molecule has 2 unspecified atom stereocenters. The van der Waals surface area contributed by atoms with Crippen LogP contribution in [0.4, 0.5) is 23.2 Å². The summed E-state index contributed by atoms with van der Waals surface area (Å²) in [7, 11) is 1.16. The molecule has 2 rings (SSSR count). The van der Waals surface area contributed by atoms with Gasteiger partial charge in [-0.05, 0) is 48.4 Å². The van der Waals surface area contributed by atoms with Crippen molar-refractivity contribution in [2.45, 2.75) is 52.1 Å². The van der Waals surface area contributed by atoms with Crippen LogP contribution in [0.5, 0.6) is 5.88 Å². The first-order valence-electron chi connectivity index (χ1n) is 10.7. The van der Waals surface area contributed by atoms with Gasteiger partial charge >= 0.3 is 6.18 Å². The number of primary amides is 1. The Morgan fingerprint density at radius 1 is 1.23 bits per heavy atom. The average Bonchev–Trinajstić information content (AvgIpc) is 2.72. The van der Waals surface area contributed by atoms with Crippen LogP contribution in [-0.2, 0) is 28.7 Å². The van der Waals surface area contributed by atoms with E-state index in [2.05, 4.69) is 4.98 Å². The molecule has 1 heterocycles. The Morgan fingerprint density at radius 2 is 1.89 bits per heavy atom. The van der Waals surface area contributed by atoms with Crippen molar-refractivity contribution in [1.82, 2.24) is 4.98 Å². The molecule has 2 aromatic rings. The molecule has 1 aromatic heterocycles. The van der Waals surface area contributed by atoms with Crippen LogP contribution in [0, 0.1) is 11.2 Å². The van der Waals surface area contributed by atoms with Crippen molar-refractivity contribution >= 4 is 22.9 Å². The van der Waals surface area contributed by atoms with Crippen LogP contribution in [-0.4, -0.2) is 33.3 Å². The maximum atomic E-state index is 14.5. The summed E-state index contributed by atoms with van der Waals surface area (Å²) < 4.78 is 82.5. The minimum Gasteiger partial charge on any atom is -0.755 e. The minimum atomic E-state index is -4.66. The zero-order valence-electron chi connectivity index (χ0n) is 19.8. The van der Waals surface area contributed by atoms with E-state index in [4.69, 9.17) is 10.5 Å². The second-order valence-electron chi connectivity index (χ2n) is 9.24. The number of rotatable bonds is 10. The van der Waals surface area contributed by atoms with E-state index in [9.17, 15) is 31.1 Å². The maximum absolute atomic E-state index is 14.5. The molecule has 0 aliphatic carbocycles. The Hall–Kier alpha value is -2.73. The van der Waals surface area contributed by atoms with Gasteiger partial charge in [-0.15, -0.1) is 0 Å². The molecule has 7 nitrogen and oxygen atoms in total. The van der Waals surface area contributed by atoms with Crippen molar-refractivity contribution in [3.8, 4) is 5.88 Å². The lowest BCUT2D eigenvalue weighted by atomic mass is 9.91. The lowest BCUT2D eigenvalue weighted by Gasteiger charge is -2.23. The normalized spacial score (nSPS) is 13.9. The lowest BCUT2D eigenvalue weighted by Crippen LogP contribution is -2.23. The minimum absolute atomic E-state index is 0.0418. The van der Waals surface area contributed by atoms with Gasteiger partial charge in [-0.2, -0.15) is 13.2 Å². The van der Waals surface area contributed by atoms with E-state index >= 15 is 0 Å². The Balaban J connectivity index is 2.29. The molecule has 0 spiro atoms. The zero-order chi connectivity index (χ0) is 26.6. The number of halogens is 4. The van der Waals surface area contributed by atoms with E-state index in [1.165, 1.54) is 18.2 Å². The molecular weight excluding hydrogens is 490 g/mol. The molecular formula is C23H28F4N3O4S-. The number of amides is 1.